The lowest BCUT2D eigenvalue weighted by atomic mass is 9.96. The SMILES string of the molecule is C1=CCC(c2nc(-c3ccc(-c4ccccc4)cc3)nc(-c3cccc4oc5ccc(-c6ccc7ccc8ccccc8c7c6)cc5c34)n2)C=C1. The fraction of sp³-hybridized carbons (Fsp3) is 0.0426. The molecule has 240 valence electrons. The monoisotopic (exact) mass is 653 g/mol. The maximum atomic E-state index is 6.46. The normalized spacial score (nSPS) is 14.2. The van der Waals surface area contributed by atoms with Gasteiger partial charge in [0, 0.05) is 27.8 Å². The van der Waals surface area contributed by atoms with E-state index in [0.717, 1.165) is 62.0 Å². The Balaban J connectivity index is 1.13. The summed E-state index contributed by atoms with van der Waals surface area (Å²) in [4.78, 5) is 15.3. The summed E-state index contributed by atoms with van der Waals surface area (Å²) >= 11 is 0. The number of hydrogen-bond donors (Lipinski definition) is 0. The summed E-state index contributed by atoms with van der Waals surface area (Å²) in [6.07, 6.45) is 9.34. The van der Waals surface area contributed by atoms with E-state index in [1.807, 2.05) is 18.2 Å². The quantitative estimate of drug-likeness (QED) is 0.173. The van der Waals surface area contributed by atoms with Gasteiger partial charge in [0.05, 0.1) is 0 Å². The number of aromatic nitrogens is 3. The van der Waals surface area contributed by atoms with Crippen molar-refractivity contribution in [2.75, 3.05) is 0 Å². The molecule has 0 saturated carbocycles. The lowest BCUT2D eigenvalue weighted by Crippen LogP contribution is -2.08. The van der Waals surface area contributed by atoms with E-state index in [4.69, 9.17) is 19.4 Å². The standard InChI is InChI=1S/C47H31N3O/c1-3-10-30(11-4-1)31-18-23-35(24-19-31)46-48-45(34-13-5-2-6-14-34)49-47(50-46)39-16-9-17-43-44(39)41-29-37(26-27-42(41)51-43)36-25-22-33-21-20-32-12-7-8-15-38(32)40(33)28-36/h1-13,15-29,34H,14H2. The molecule has 2 heterocycles. The smallest absolute Gasteiger partial charge is 0.164 e. The van der Waals surface area contributed by atoms with Crippen molar-refractivity contribution in [1.29, 1.82) is 0 Å². The summed E-state index contributed by atoms with van der Waals surface area (Å²) in [7, 11) is 0. The van der Waals surface area contributed by atoms with E-state index >= 15 is 0 Å². The van der Waals surface area contributed by atoms with Crippen molar-refractivity contribution in [3.63, 3.8) is 0 Å². The second kappa shape index (κ2) is 12.0. The number of rotatable bonds is 5. The first kappa shape index (κ1) is 29.3. The van der Waals surface area contributed by atoms with Gasteiger partial charge in [0.2, 0.25) is 0 Å². The average Bonchev–Trinajstić information content (AvgIpc) is 3.59. The number of nitrogens with zero attached hydrogens (tertiary/aromatic N) is 3. The molecule has 0 radical (unpaired) electrons. The Morgan fingerprint density at radius 3 is 2.00 bits per heavy atom. The molecule has 2 aromatic heterocycles. The lowest BCUT2D eigenvalue weighted by molar-refractivity contribution is 0.669. The molecule has 10 rings (SSSR count). The maximum Gasteiger partial charge on any atom is 0.164 e. The van der Waals surface area contributed by atoms with E-state index in [1.54, 1.807) is 0 Å². The highest BCUT2D eigenvalue weighted by molar-refractivity contribution is 6.13. The Hall–Kier alpha value is -6.65. The number of hydrogen-bond acceptors (Lipinski definition) is 4. The first-order valence-corrected chi connectivity index (χ1v) is 17.4. The minimum atomic E-state index is 0.0648. The summed E-state index contributed by atoms with van der Waals surface area (Å²) in [6, 6.07) is 51.2. The summed E-state index contributed by atoms with van der Waals surface area (Å²) in [5, 5.41) is 7.01. The van der Waals surface area contributed by atoms with Crippen molar-refractivity contribution < 1.29 is 4.42 Å². The van der Waals surface area contributed by atoms with Crippen molar-refractivity contribution in [3.05, 3.63) is 176 Å². The maximum absolute atomic E-state index is 6.46. The molecule has 1 aliphatic rings. The van der Waals surface area contributed by atoms with Gasteiger partial charge in [-0.2, -0.15) is 0 Å². The molecule has 0 aliphatic heterocycles. The lowest BCUT2D eigenvalue weighted by Gasteiger charge is -2.15. The third-order valence-corrected chi connectivity index (χ3v) is 10.0. The Morgan fingerprint density at radius 1 is 0.471 bits per heavy atom. The summed E-state index contributed by atoms with van der Waals surface area (Å²) in [5.41, 5.74) is 8.13. The molecule has 4 heteroatoms. The van der Waals surface area contributed by atoms with Crippen LogP contribution < -0.4 is 0 Å². The zero-order chi connectivity index (χ0) is 33.7. The molecule has 0 saturated heterocycles. The number of benzene rings is 7. The molecule has 1 aliphatic carbocycles. The topological polar surface area (TPSA) is 51.8 Å². The van der Waals surface area contributed by atoms with Gasteiger partial charge in [-0.05, 0) is 74.5 Å². The molecule has 4 nitrogen and oxygen atoms in total. The predicted octanol–water partition coefficient (Wildman–Crippen LogP) is 12.3. The van der Waals surface area contributed by atoms with Gasteiger partial charge in [0.25, 0.3) is 0 Å². The number of allylic oxidation sites excluding steroid dienone is 4. The Labute approximate surface area is 295 Å². The fourth-order valence-electron chi connectivity index (χ4n) is 7.40. The molecule has 51 heavy (non-hydrogen) atoms. The first-order chi connectivity index (χ1) is 25.2. The van der Waals surface area contributed by atoms with Gasteiger partial charge >= 0.3 is 0 Å². The van der Waals surface area contributed by atoms with Crippen LogP contribution in [0.5, 0.6) is 0 Å². The van der Waals surface area contributed by atoms with Crippen LogP contribution in [0, 0.1) is 0 Å². The van der Waals surface area contributed by atoms with Crippen LogP contribution in [0.15, 0.2) is 174 Å². The van der Waals surface area contributed by atoms with Gasteiger partial charge < -0.3 is 4.42 Å². The van der Waals surface area contributed by atoms with E-state index in [0.29, 0.717) is 11.6 Å². The first-order valence-electron chi connectivity index (χ1n) is 17.4. The molecule has 0 bridgehead atoms. The number of furan rings is 1. The van der Waals surface area contributed by atoms with Crippen LogP contribution in [0.4, 0.5) is 0 Å². The minimum absolute atomic E-state index is 0.0648. The zero-order valence-corrected chi connectivity index (χ0v) is 27.7. The number of fused-ring (bicyclic) bond motifs is 6. The highest BCUT2D eigenvalue weighted by Gasteiger charge is 2.21. The second-order valence-electron chi connectivity index (χ2n) is 13.2. The molecule has 0 N–H and O–H groups in total. The van der Waals surface area contributed by atoms with E-state index < -0.39 is 0 Å². The van der Waals surface area contributed by atoms with E-state index in [1.165, 1.54) is 27.1 Å². The molecule has 0 fully saturated rings. The molecular weight excluding hydrogens is 623 g/mol. The fourth-order valence-corrected chi connectivity index (χ4v) is 7.40. The zero-order valence-electron chi connectivity index (χ0n) is 27.7. The van der Waals surface area contributed by atoms with Crippen LogP contribution in [0.25, 0.3) is 88.5 Å². The van der Waals surface area contributed by atoms with Gasteiger partial charge in [0.1, 0.15) is 17.0 Å². The minimum Gasteiger partial charge on any atom is -0.456 e. The Kier molecular flexibility index (Phi) is 6.91. The van der Waals surface area contributed by atoms with Crippen molar-refractivity contribution in [3.8, 4) is 45.0 Å². The van der Waals surface area contributed by atoms with Crippen molar-refractivity contribution in [2.45, 2.75) is 12.3 Å². The molecule has 1 unspecified atom stereocenters. The van der Waals surface area contributed by atoms with Crippen molar-refractivity contribution in [1.82, 2.24) is 15.0 Å². The van der Waals surface area contributed by atoms with Crippen LogP contribution >= 0.6 is 0 Å². The molecule has 1 atom stereocenters. The molecule has 0 spiro atoms. The molecule has 0 amide bonds. The van der Waals surface area contributed by atoms with Gasteiger partial charge in [-0.25, -0.2) is 15.0 Å². The molecule has 7 aromatic carbocycles. The van der Waals surface area contributed by atoms with Crippen LogP contribution in [-0.2, 0) is 0 Å². The van der Waals surface area contributed by atoms with Crippen LogP contribution in [0.3, 0.4) is 0 Å². The summed E-state index contributed by atoms with van der Waals surface area (Å²) in [6.45, 7) is 0. The van der Waals surface area contributed by atoms with Crippen molar-refractivity contribution in [2.24, 2.45) is 0 Å². The van der Waals surface area contributed by atoms with Crippen LogP contribution in [-0.4, -0.2) is 15.0 Å². The summed E-state index contributed by atoms with van der Waals surface area (Å²) < 4.78 is 6.46. The highest BCUT2D eigenvalue weighted by atomic mass is 16.3. The third-order valence-electron chi connectivity index (χ3n) is 10.0. The van der Waals surface area contributed by atoms with E-state index in [9.17, 15) is 0 Å². The largest absolute Gasteiger partial charge is 0.456 e. The van der Waals surface area contributed by atoms with Gasteiger partial charge in [-0.1, -0.05) is 146 Å². The predicted molar refractivity (Wildman–Crippen MR) is 209 cm³/mol. The third kappa shape index (κ3) is 5.20. The summed E-state index contributed by atoms with van der Waals surface area (Å²) in [5.74, 6) is 2.12. The van der Waals surface area contributed by atoms with Crippen LogP contribution in [0.2, 0.25) is 0 Å². The average molecular weight is 654 g/mol. The van der Waals surface area contributed by atoms with Gasteiger partial charge in [0.15, 0.2) is 11.6 Å². The Bertz CT molecular complexity index is 2830. The second-order valence-corrected chi connectivity index (χ2v) is 13.2. The Morgan fingerprint density at radius 2 is 1.16 bits per heavy atom. The van der Waals surface area contributed by atoms with Crippen LogP contribution in [0.1, 0.15) is 18.2 Å². The van der Waals surface area contributed by atoms with Gasteiger partial charge in [-0.15, -0.1) is 0 Å². The molecular formula is C47H31N3O. The van der Waals surface area contributed by atoms with E-state index in [-0.39, 0.29) is 5.92 Å². The molecule has 9 aromatic rings. The van der Waals surface area contributed by atoms with Gasteiger partial charge in [-0.3, -0.25) is 0 Å². The van der Waals surface area contributed by atoms with E-state index in [2.05, 4.69) is 152 Å². The van der Waals surface area contributed by atoms with Crippen molar-refractivity contribution >= 4 is 43.5 Å². The highest BCUT2D eigenvalue weighted by Crippen LogP contribution is 2.39.